The van der Waals surface area contributed by atoms with Gasteiger partial charge in [0, 0.05) is 22.2 Å². The van der Waals surface area contributed by atoms with E-state index < -0.39 is 5.25 Å². The fourth-order valence-electron chi connectivity index (χ4n) is 2.56. The Balaban J connectivity index is 1.69. The van der Waals surface area contributed by atoms with E-state index >= 15 is 0 Å². The molecule has 0 unspecified atom stereocenters. The molecule has 0 aromatic heterocycles. The number of carbonyl (C=O) groups excluding carboxylic acids is 2. The highest BCUT2D eigenvalue weighted by Crippen LogP contribution is 2.31. The molecule has 0 saturated carbocycles. The summed E-state index contributed by atoms with van der Waals surface area (Å²) in [5.41, 5.74) is 1.26. The molecular formula is C19H17FIN3O2S. The third-order valence-corrected chi connectivity index (χ3v) is 5.78. The van der Waals surface area contributed by atoms with E-state index in [9.17, 15) is 14.0 Å². The molecule has 2 aromatic rings. The van der Waals surface area contributed by atoms with E-state index in [1.54, 1.807) is 4.90 Å². The zero-order valence-corrected chi connectivity index (χ0v) is 17.5. The van der Waals surface area contributed by atoms with Crippen molar-refractivity contribution >= 4 is 62.7 Å². The standard InChI is InChI=1S/C19H17FIN3O2S/c1-2-24-18(26)16(11-17(25)22-14-7-3-12(20)4-8-14)27-19(24)23-15-9-5-13(21)6-10-15/h3-10,16H,2,11H2,1H3,(H,22,25)/t16-/m1/s1. The molecule has 1 saturated heterocycles. The van der Waals surface area contributed by atoms with E-state index in [0.29, 0.717) is 17.4 Å². The van der Waals surface area contributed by atoms with Gasteiger partial charge in [0.2, 0.25) is 11.8 Å². The average Bonchev–Trinajstić information content (AvgIpc) is 2.93. The molecule has 1 aliphatic heterocycles. The van der Waals surface area contributed by atoms with Gasteiger partial charge in [-0.1, -0.05) is 11.8 Å². The number of halogens is 2. The maximum atomic E-state index is 12.9. The molecule has 2 aromatic carbocycles. The van der Waals surface area contributed by atoms with E-state index in [0.717, 1.165) is 9.26 Å². The smallest absolute Gasteiger partial charge is 0.242 e. The molecule has 2 amide bonds. The van der Waals surface area contributed by atoms with Gasteiger partial charge in [-0.3, -0.25) is 14.5 Å². The molecule has 1 atom stereocenters. The van der Waals surface area contributed by atoms with Crippen LogP contribution in [0.15, 0.2) is 53.5 Å². The molecule has 27 heavy (non-hydrogen) atoms. The normalized spacial score (nSPS) is 18.2. The van der Waals surface area contributed by atoms with Crippen molar-refractivity contribution in [1.29, 1.82) is 0 Å². The summed E-state index contributed by atoms with van der Waals surface area (Å²) in [5, 5.41) is 2.77. The van der Waals surface area contributed by atoms with E-state index in [-0.39, 0.29) is 24.1 Å². The zero-order valence-electron chi connectivity index (χ0n) is 14.5. The van der Waals surface area contributed by atoms with Gasteiger partial charge in [0.15, 0.2) is 5.17 Å². The first-order valence-corrected chi connectivity index (χ1v) is 10.3. The van der Waals surface area contributed by atoms with Crippen LogP contribution in [0.25, 0.3) is 0 Å². The molecule has 0 spiro atoms. The second-order valence-electron chi connectivity index (χ2n) is 5.82. The second kappa shape index (κ2) is 8.83. The van der Waals surface area contributed by atoms with Crippen molar-refractivity contribution in [2.45, 2.75) is 18.6 Å². The topological polar surface area (TPSA) is 61.8 Å². The lowest BCUT2D eigenvalue weighted by Gasteiger charge is -2.13. The SMILES string of the molecule is CCN1C(=O)[C@@H](CC(=O)Nc2ccc(F)cc2)SC1=Nc1ccc(I)cc1. The van der Waals surface area contributed by atoms with Crippen molar-refractivity contribution in [2.24, 2.45) is 4.99 Å². The van der Waals surface area contributed by atoms with Crippen molar-refractivity contribution in [3.63, 3.8) is 0 Å². The first kappa shape index (κ1) is 19.8. The summed E-state index contributed by atoms with van der Waals surface area (Å²) in [6.07, 6.45) is 0.0308. The van der Waals surface area contributed by atoms with E-state index in [1.807, 2.05) is 31.2 Å². The number of thioether (sulfide) groups is 1. The number of benzene rings is 2. The molecule has 1 aliphatic rings. The predicted molar refractivity (Wildman–Crippen MR) is 115 cm³/mol. The summed E-state index contributed by atoms with van der Waals surface area (Å²) < 4.78 is 14.1. The minimum Gasteiger partial charge on any atom is -0.326 e. The molecule has 3 rings (SSSR count). The molecular weight excluding hydrogens is 480 g/mol. The minimum atomic E-state index is -0.520. The van der Waals surface area contributed by atoms with Gasteiger partial charge in [-0.25, -0.2) is 9.38 Å². The summed E-state index contributed by atoms with van der Waals surface area (Å²) in [7, 11) is 0. The summed E-state index contributed by atoms with van der Waals surface area (Å²) in [5.74, 6) is -0.787. The predicted octanol–water partition coefficient (Wildman–Crippen LogP) is 4.41. The summed E-state index contributed by atoms with van der Waals surface area (Å²) in [6.45, 7) is 2.37. The number of hydrogen-bond acceptors (Lipinski definition) is 4. The van der Waals surface area contributed by atoms with Crippen LogP contribution in [-0.2, 0) is 9.59 Å². The lowest BCUT2D eigenvalue weighted by Crippen LogP contribution is -2.33. The highest BCUT2D eigenvalue weighted by Gasteiger charge is 2.38. The molecule has 1 fully saturated rings. The van der Waals surface area contributed by atoms with Crippen LogP contribution < -0.4 is 5.32 Å². The molecule has 5 nitrogen and oxygen atoms in total. The van der Waals surface area contributed by atoms with Gasteiger partial charge in [-0.2, -0.15) is 0 Å². The molecule has 0 bridgehead atoms. The number of hydrogen-bond donors (Lipinski definition) is 1. The second-order valence-corrected chi connectivity index (χ2v) is 8.23. The third-order valence-electron chi connectivity index (χ3n) is 3.89. The van der Waals surface area contributed by atoms with Crippen molar-refractivity contribution in [2.75, 3.05) is 11.9 Å². The number of carbonyl (C=O) groups is 2. The molecule has 0 radical (unpaired) electrons. The van der Waals surface area contributed by atoms with Crippen molar-refractivity contribution in [3.8, 4) is 0 Å². The van der Waals surface area contributed by atoms with Gasteiger partial charge in [0.1, 0.15) is 11.1 Å². The highest BCUT2D eigenvalue weighted by atomic mass is 127. The number of amidine groups is 1. The third kappa shape index (κ3) is 5.07. The van der Waals surface area contributed by atoms with E-state index in [2.05, 4.69) is 32.9 Å². The van der Waals surface area contributed by atoms with Gasteiger partial charge in [-0.05, 0) is 78.0 Å². The number of amides is 2. The minimum absolute atomic E-state index is 0.0308. The Hall–Kier alpha value is -1.94. The average molecular weight is 497 g/mol. The first-order chi connectivity index (χ1) is 13.0. The first-order valence-electron chi connectivity index (χ1n) is 8.34. The highest BCUT2D eigenvalue weighted by molar-refractivity contribution is 14.1. The maximum absolute atomic E-state index is 12.9. The van der Waals surface area contributed by atoms with Gasteiger partial charge in [0.25, 0.3) is 0 Å². The molecule has 0 aliphatic carbocycles. The Morgan fingerprint density at radius 1 is 1.22 bits per heavy atom. The van der Waals surface area contributed by atoms with Crippen LogP contribution in [0, 0.1) is 9.39 Å². The largest absolute Gasteiger partial charge is 0.326 e. The van der Waals surface area contributed by atoms with Crippen LogP contribution in [0.1, 0.15) is 13.3 Å². The van der Waals surface area contributed by atoms with Gasteiger partial charge in [-0.15, -0.1) is 0 Å². The van der Waals surface area contributed by atoms with Crippen molar-refractivity contribution < 1.29 is 14.0 Å². The maximum Gasteiger partial charge on any atom is 0.242 e. The fraction of sp³-hybridized carbons (Fsp3) is 0.211. The van der Waals surface area contributed by atoms with Crippen LogP contribution in [0.5, 0.6) is 0 Å². The number of aliphatic imine (C=N–C) groups is 1. The van der Waals surface area contributed by atoms with Gasteiger partial charge >= 0.3 is 0 Å². The molecule has 140 valence electrons. The Labute approximate surface area is 174 Å². The van der Waals surface area contributed by atoms with Crippen molar-refractivity contribution in [3.05, 3.63) is 57.9 Å². The Morgan fingerprint density at radius 2 is 1.89 bits per heavy atom. The molecule has 8 heteroatoms. The van der Waals surface area contributed by atoms with E-state index in [1.165, 1.54) is 36.0 Å². The Bertz CT molecular complexity index is 872. The summed E-state index contributed by atoms with van der Waals surface area (Å²) in [4.78, 5) is 31.0. The van der Waals surface area contributed by atoms with Crippen LogP contribution in [0.3, 0.4) is 0 Å². The van der Waals surface area contributed by atoms with E-state index in [4.69, 9.17) is 0 Å². The van der Waals surface area contributed by atoms with Crippen LogP contribution >= 0.6 is 34.4 Å². The number of nitrogens with one attached hydrogen (secondary N) is 1. The molecule has 1 heterocycles. The summed E-state index contributed by atoms with van der Waals surface area (Å²) in [6, 6.07) is 13.2. The lowest BCUT2D eigenvalue weighted by molar-refractivity contribution is -0.128. The molecule has 1 N–H and O–H groups in total. The zero-order chi connectivity index (χ0) is 19.4. The van der Waals surface area contributed by atoms with Gasteiger partial charge < -0.3 is 5.32 Å². The summed E-state index contributed by atoms with van der Waals surface area (Å²) >= 11 is 3.51. The fourth-order valence-corrected chi connectivity index (χ4v) is 4.14. The number of anilines is 1. The lowest BCUT2D eigenvalue weighted by atomic mass is 10.2. The van der Waals surface area contributed by atoms with Crippen LogP contribution in [0.2, 0.25) is 0 Å². The number of rotatable bonds is 5. The van der Waals surface area contributed by atoms with Gasteiger partial charge in [0.05, 0.1) is 5.69 Å². The Morgan fingerprint density at radius 3 is 2.52 bits per heavy atom. The van der Waals surface area contributed by atoms with Crippen LogP contribution in [0.4, 0.5) is 15.8 Å². The quantitative estimate of drug-likeness (QED) is 0.623. The van der Waals surface area contributed by atoms with Crippen molar-refractivity contribution in [1.82, 2.24) is 4.90 Å². The van der Waals surface area contributed by atoms with Crippen LogP contribution in [-0.4, -0.2) is 33.7 Å². The Kier molecular flexibility index (Phi) is 6.48. The number of nitrogens with zero attached hydrogens (tertiary/aromatic N) is 2. The monoisotopic (exact) mass is 497 g/mol.